The predicted octanol–water partition coefficient (Wildman–Crippen LogP) is 3.77. The average Bonchev–Trinajstić information content (AvgIpc) is 2.65. The van der Waals surface area contributed by atoms with Crippen LogP contribution in [0.3, 0.4) is 0 Å². The van der Waals surface area contributed by atoms with Gasteiger partial charge in [0.15, 0.2) is 0 Å². The van der Waals surface area contributed by atoms with E-state index < -0.39 is 0 Å². The van der Waals surface area contributed by atoms with Crippen LogP contribution in [0.2, 0.25) is 0 Å². The van der Waals surface area contributed by atoms with Crippen LogP contribution in [0.4, 0.5) is 0 Å². The van der Waals surface area contributed by atoms with Gasteiger partial charge in [0.1, 0.15) is 0 Å². The molecule has 2 rings (SSSR count). The Morgan fingerprint density at radius 3 is 2.50 bits per heavy atom. The second-order valence-electron chi connectivity index (χ2n) is 4.87. The minimum absolute atomic E-state index is 0.644. The summed E-state index contributed by atoms with van der Waals surface area (Å²) in [4.78, 5) is 4.56. The molecule has 0 radical (unpaired) electrons. The highest BCUT2D eigenvalue weighted by Gasteiger charge is 2.16. The minimum atomic E-state index is 0.644. The number of aliphatic imine (C=N–C) groups is 1. The number of nitrogens with zero attached hydrogens (tertiary/aromatic N) is 1. The van der Waals surface area contributed by atoms with E-state index >= 15 is 0 Å². The molecule has 16 heavy (non-hydrogen) atoms. The summed E-state index contributed by atoms with van der Waals surface area (Å²) >= 11 is 1.89. The highest BCUT2D eigenvalue weighted by Crippen LogP contribution is 2.25. The Morgan fingerprint density at radius 1 is 1.31 bits per heavy atom. The van der Waals surface area contributed by atoms with Crippen molar-refractivity contribution < 1.29 is 0 Å². The maximum atomic E-state index is 4.56. The van der Waals surface area contributed by atoms with Gasteiger partial charge in [0, 0.05) is 10.8 Å². The van der Waals surface area contributed by atoms with E-state index in [1.165, 1.54) is 16.2 Å². The van der Waals surface area contributed by atoms with Crippen LogP contribution in [0.5, 0.6) is 0 Å². The van der Waals surface area contributed by atoms with Crippen molar-refractivity contribution in [3.8, 4) is 0 Å². The Morgan fingerprint density at radius 2 is 2.00 bits per heavy atom. The van der Waals surface area contributed by atoms with Crippen molar-refractivity contribution in [2.75, 3.05) is 6.54 Å². The quantitative estimate of drug-likeness (QED) is 0.774. The van der Waals surface area contributed by atoms with Gasteiger partial charge in [-0.05, 0) is 17.9 Å². The molecule has 1 aliphatic rings. The molecule has 0 saturated heterocycles. The van der Waals surface area contributed by atoms with Crippen molar-refractivity contribution in [3.05, 3.63) is 35.4 Å². The van der Waals surface area contributed by atoms with Crippen molar-refractivity contribution in [1.82, 2.24) is 0 Å². The monoisotopic (exact) mass is 233 g/mol. The number of benzene rings is 1. The number of rotatable bonds is 3. The maximum Gasteiger partial charge on any atom is 0.0980 e. The van der Waals surface area contributed by atoms with Crippen LogP contribution in [-0.4, -0.2) is 16.8 Å². The summed E-state index contributed by atoms with van der Waals surface area (Å²) in [5.74, 6) is 0.726. The van der Waals surface area contributed by atoms with Crippen LogP contribution < -0.4 is 0 Å². The topological polar surface area (TPSA) is 12.4 Å². The first-order valence-corrected chi connectivity index (χ1v) is 6.83. The average molecular weight is 233 g/mol. The van der Waals surface area contributed by atoms with Gasteiger partial charge in [0.25, 0.3) is 0 Å². The van der Waals surface area contributed by atoms with Crippen LogP contribution in [0.1, 0.15) is 31.9 Å². The van der Waals surface area contributed by atoms with E-state index in [-0.39, 0.29) is 0 Å². The van der Waals surface area contributed by atoms with Gasteiger partial charge in [-0.2, -0.15) is 0 Å². The fourth-order valence-corrected chi connectivity index (χ4v) is 2.84. The van der Waals surface area contributed by atoms with Crippen LogP contribution in [-0.2, 0) is 6.42 Å². The van der Waals surface area contributed by atoms with Gasteiger partial charge in [-0.15, -0.1) is 11.8 Å². The Bertz CT molecular complexity index is 378. The highest BCUT2D eigenvalue weighted by molar-refractivity contribution is 8.15. The summed E-state index contributed by atoms with van der Waals surface area (Å²) in [6.07, 6.45) is 1.16. The highest BCUT2D eigenvalue weighted by atomic mass is 32.2. The third-order valence-corrected chi connectivity index (χ3v) is 3.79. The molecule has 1 aromatic rings. The standard InChI is InChI=1S/C14H19NS/c1-10(2)8-12-4-6-13(7-5-12)14-15-9-11(3)16-14/h4-7,10-11H,8-9H2,1-3H3. The summed E-state index contributed by atoms with van der Waals surface area (Å²) in [5, 5.41) is 1.86. The summed E-state index contributed by atoms with van der Waals surface area (Å²) in [7, 11) is 0. The van der Waals surface area contributed by atoms with Crippen molar-refractivity contribution in [2.24, 2.45) is 10.9 Å². The molecule has 2 heteroatoms. The van der Waals surface area contributed by atoms with E-state index in [9.17, 15) is 0 Å². The van der Waals surface area contributed by atoms with E-state index in [2.05, 4.69) is 50.0 Å². The Labute approximate surface area is 102 Å². The summed E-state index contributed by atoms with van der Waals surface area (Å²) in [6, 6.07) is 8.89. The first-order chi connectivity index (χ1) is 7.65. The third kappa shape index (κ3) is 2.88. The first kappa shape index (κ1) is 11.7. The molecule has 1 aromatic carbocycles. The van der Waals surface area contributed by atoms with Crippen molar-refractivity contribution in [2.45, 2.75) is 32.4 Å². The molecule has 0 fully saturated rings. The third-order valence-electron chi connectivity index (χ3n) is 2.65. The molecule has 0 saturated carbocycles. The Balaban J connectivity index is 2.08. The van der Waals surface area contributed by atoms with E-state index in [1.807, 2.05) is 11.8 Å². The van der Waals surface area contributed by atoms with Crippen LogP contribution in [0, 0.1) is 5.92 Å². The molecule has 0 aromatic heterocycles. The zero-order valence-corrected chi connectivity index (χ0v) is 11.1. The van der Waals surface area contributed by atoms with Crippen LogP contribution in [0.25, 0.3) is 0 Å². The molecule has 1 aliphatic heterocycles. The lowest BCUT2D eigenvalue weighted by Crippen LogP contribution is -1.97. The second-order valence-corrected chi connectivity index (χ2v) is 6.30. The van der Waals surface area contributed by atoms with Crippen LogP contribution in [0.15, 0.2) is 29.3 Å². The van der Waals surface area contributed by atoms with E-state index in [1.54, 1.807) is 0 Å². The molecule has 1 heterocycles. The van der Waals surface area contributed by atoms with E-state index in [4.69, 9.17) is 0 Å². The van der Waals surface area contributed by atoms with Gasteiger partial charge in [-0.1, -0.05) is 45.0 Å². The molecule has 0 aliphatic carbocycles. The predicted molar refractivity (Wildman–Crippen MR) is 73.4 cm³/mol. The lowest BCUT2D eigenvalue weighted by Gasteiger charge is -2.06. The Kier molecular flexibility index (Phi) is 3.70. The van der Waals surface area contributed by atoms with Gasteiger partial charge < -0.3 is 0 Å². The van der Waals surface area contributed by atoms with Crippen molar-refractivity contribution >= 4 is 16.8 Å². The van der Waals surface area contributed by atoms with Gasteiger partial charge in [-0.25, -0.2) is 0 Å². The number of hydrogen-bond donors (Lipinski definition) is 0. The number of hydrogen-bond acceptors (Lipinski definition) is 2. The van der Waals surface area contributed by atoms with Crippen LogP contribution >= 0.6 is 11.8 Å². The lowest BCUT2D eigenvalue weighted by atomic mass is 10.0. The zero-order chi connectivity index (χ0) is 11.5. The molecule has 1 atom stereocenters. The molecule has 0 N–H and O–H groups in total. The smallest absolute Gasteiger partial charge is 0.0980 e. The molecule has 1 nitrogen and oxygen atoms in total. The number of thioether (sulfide) groups is 1. The first-order valence-electron chi connectivity index (χ1n) is 5.95. The summed E-state index contributed by atoms with van der Waals surface area (Å²) < 4.78 is 0. The van der Waals surface area contributed by atoms with Gasteiger partial charge in [-0.3, -0.25) is 4.99 Å². The molecular weight excluding hydrogens is 214 g/mol. The zero-order valence-electron chi connectivity index (χ0n) is 10.2. The van der Waals surface area contributed by atoms with Gasteiger partial charge in [0.05, 0.1) is 11.6 Å². The lowest BCUT2D eigenvalue weighted by molar-refractivity contribution is 0.647. The Hall–Kier alpha value is -0.760. The fraction of sp³-hybridized carbons (Fsp3) is 0.500. The maximum absolute atomic E-state index is 4.56. The van der Waals surface area contributed by atoms with Gasteiger partial charge >= 0.3 is 0 Å². The molecule has 1 unspecified atom stereocenters. The second kappa shape index (κ2) is 5.05. The molecular formula is C14H19NS. The van der Waals surface area contributed by atoms with E-state index in [0.29, 0.717) is 5.25 Å². The summed E-state index contributed by atoms with van der Waals surface area (Å²) in [5.41, 5.74) is 2.71. The van der Waals surface area contributed by atoms with E-state index in [0.717, 1.165) is 18.9 Å². The normalized spacial score (nSPS) is 20.2. The fourth-order valence-electron chi connectivity index (χ4n) is 1.89. The molecule has 0 spiro atoms. The summed E-state index contributed by atoms with van der Waals surface area (Å²) in [6.45, 7) is 7.71. The SMILES string of the molecule is CC(C)Cc1ccc(C2=NCC(C)S2)cc1. The molecule has 86 valence electrons. The molecule has 0 bridgehead atoms. The minimum Gasteiger partial charge on any atom is -0.277 e. The van der Waals surface area contributed by atoms with Gasteiger partial charge in [0.2, 0.25) is 0 Å². The van der Waals surface area contributed by atoms with Crippen molar-refractivity contribution in [3.63, 3.8) is 0 Å². The van der Waals surface area contributed by atoms with Crippen molar-refractivity contribution in [1.29, 1.82) is 0 Å². The molecule has 0 amide bonds. The largest absolute Gasteiger partial charge is 0.277 e.